The van der Waals surface area contributed by atoms with Crippen molar-refractivity contribution in [3.63, 3.8) is 0 Å². The highest BCUT2D eigenvalue weighted by Crippen LogP contribution is 2.32. The van der Waals surface area contributed by atoms with Crippen LogP contribution in [0.5, 0.6) is 0 Å². The highest BCUT2D eigenvalue weighted by molar-refractivity contribution is 9.10. The molecular weight excluding hydrogens is 301 g/mol. The highest BCUT2D eigenvalue weighted by atomic mass is 79.9. The number of nitro benzene ring substituents is 1. The topological polar surface area (TPSA) is 109 Å². The molecule has 0 atom stereocenters. The molecule has 1 aromatic heterocycles. The molecule has 2 aromatic rings. The highest BCUT2D eigenvalue weighted by Gasteiger charge is 2.27. The summed E-state index contributed by atoms with van der Waals surface area (Å²) < 4.78 is 13.8. The van der Waals surface area contributed by atoms with E-state index in [1.807, 2.05) is 0 Å². The van der Waals surface area contributed by atoms with Crippen molar-refractivity contribution >= 4 is 38.5 Å². The van der Waals surface area contributed by atoms with Crippen LogP contribution < -0.4 is 0 Å². The summed E-state index contributed by atoms with van der Waals surface area (Å²) in [5.74, 6) is -3.00. The molecule has 0 fully saturated rings. The lowest BCUT2D eigenvalue weighted by Gasteiger charge is -2.00. The first kappa shape index (κ1) is 11.5. The summed E-state index contributed by atoms with van der Waals surface area (Å²) in [6, 6.07) is 0.921. The number of fused-ring (bicyclic) bond motifs is 1. The van der Waals surface area contributed by atoms with Crippen molar-refractivity contribution in [1.29, 1.82) is 0 Å². The summed E-state index contributed by atoms with van der Waals surface area (Å²) in [5.41, 5.74) is -1.81. The van der Waals surface area contributed by atoms with Crippen LogP contribution in [0, 0.1) is 15.9 Å². The van der Waals surface area contributed by atoms with Crippen molar-refractivity contribution in [3.05, 3.63) is 32.2 Å². The standard InChI is InChI=1S/C8H3BrFN3O4/c9-7-2-1-3(13(16)17)5(10)4(8(14)15)6(2)11-12-7/h1H,(H,11,12)(H,14,15). The molecule has 0 unspecified atom stereocenters. The molecule has 0 amide bonds. The molecule has 7 nitrogen and oxygen atoms in total. The molecule has 0 saturated carbocycles. The normalized spacial score (nSPS) is 10.7. The Hall–Kier alpha value is -2.03. The molecule has 0 spiro atoms. The molecule has 0 radical (unpaired) electrons. The number of aromatic nitrogens is 2. The van der Waals surface area contributed by atoms with Gasteiger partial charge in [0.1, 0.15) is 10.2 Å². The zero-order valence-corrected chi connectivity index (χ0v) is 9.49. The second-order valence-electron chi connectivity index (χ2n) is 3.08. The summed E-state index contributed by atoms with van der Waals surface area (Å²) in [7, 11) is 0. The minimum absolute atomic E-state index is 0.104. The van der Waals surface area contributed by atoms with E-state index in [9.17, 15) is 19.3 Å². The van der Waals surface area contributed by atoms with Gasteiger partial charge in [-0.3, -0.25) is 15.2 Å². The van der Waals surface area contributed by atoms with Crippen LogP contribution in [-0.4, -0.2) is 26.2 Å². The molecule has 0 aliphatic heterocycles. The number of carboxylic acid groups (broad SMARTS) is 1. The summed E-state index contributed by atoms with van der Waals surface area (Å²) in [6.07, 6.45) is 0. The van der Waals surface area contributed by atoms with Crippen molar-refractivity contribution < 1.29 is 19.2 Å². The van der Waals surface area contributed by atoms with E-state index in [0.29, 0.717) is 0 Å². The molecule has 17 heavy (non-hydrogen) atoms. The SMILES string of the molecule is O=C(O)c1c(F)c([N+](=O)[O-])cc2c(Br)n[nH]c12. The van der Waals surface area contributed by atoms with Crippen molar-refractivity contribution in [3.8, 4) is 0 Å². The number of aromatic carboxylic acids is 1. The number of aromatic amines is 1. The average Bonchev–Trinajstić information content (AvgIpc) is 2.58. The van der Waals surface area contributed by atoms with E-state index in [1.165, 1.54) is 0 Å². The number of nitrogens with zero attached hydrogens (tertiary/aromatic N) is 2. The number of H-pyrrole nitrogens is 1. The fourth-order valence-electron chi connectivity index (χ4n) is 1.42. The number of hydrogen-bond donors (Lipinski definition) is 2. The second kappa shape index (κ2) is 3.77. The van der Waals surface area contributed by atoms with Crippen LogP contribution in [0.15, 0.2) is 10.7 Å². The van der Waals surface area contributed by atoms with E-state index < -0.39 is 28.0 Å². The molecule has 2 rings (SSSR count). The van der Waals surface area contributed by atoms with Gasteiger partial charge in [-0.1, -0.05) is 0 Å². The van der Waals surface area contributed by atoms with E-state index in [0.717, 1.165) is 6.07 Å². The largest absolute Gasteiger partial charge is 0.478 e. The third kappa shape index (κ3) is 1.64. The zero-order chi connectivity index (χ0) is 12.7. The van der Waals surface area contributed by atoms with Crippen molar-refractivity contribution in [2.45, 2.75) is 0 Å². The van der Waals surface area contributed by atoms with Crippen LogP contribution in [0.3, 0.4) is 0 Å². The second-order valence-corrected chi connectivity index (χ2v) is 3.84. The van der Waals surface area contributed by atoms with Crippen LogP contribution in [-0.2, 0) is 0 Å². The number of rotatable bonds is 2. The van der Waals surface area contributed by atoms with Crippen molar-refractivity contribution in [2.24, 2.45) is 0 Å². The smallest absolute Gasteiger partial charge is 0.341 e. The van der Waals surface area contributed by atoms with Crippen LogP contribution in [0.1, 0.15) is 10.4 Å². The number of carboxylic acids is 1. The molecule has 1 aromatic carbocycles. The monoisotopic (exact) mass is 303 g/mol. The predicted molar refractivity (Wildman–Crippen MR) is 57.4 cm³/mol. The van der Waals surface area contributed by atoms with E-state index in [2.05, 4.69) is 26.1 Å². The third-order valence-electron chi connectivity index (χ3n) is 2.14. The maximum absolute atomic E-state index is 13.6. The number of carbonyl (C=O) groups is 1. The van der Waals surface area contributed by atoms with Gasteiger partial charge < -0.3 is 5.11 Å². The van der Waals surface area contributed by atoms with Gasteiger partial charge in [0.05, 0.1) is 10.4 Å². The first-order valence-electron chi connectivity index (χ1n) is 4.17. The summed E-state index contributed by atoms with van der Waals surface area (Å²) in [5, 5.41) is 25.5. The minimum atomic E-state index is -1.60. The van der Waals surface area contributed by atoms with Crippen LogP contribution >= 0.6 is 15.9 Å². The number of nitrogens with one attached hydrogen (secondary N) is 1. The van der Waals surface area contributed by atoms with Gasteiger partial charge in [-0.05, 0) is 15.9 Å². The molecule has 0 aliphatic rings. The molecule has 0 aliphatic carbocycles. The van der Waals surface area contributed by atoms with Crippen molar-refractivity contribution in [2.75, 3.05) is 0 Å². The Morgan fingerprint density at radius 2 is 2.29 bits per heavy atom. The van der Waals surface area contributed by atoms with Gasteiger partial charge in [0, 0.05) is 11.5 Å². The van der Waals surface area contributed by atoms with E-state index in [1.54, 1.807) is 0 Å². The minimum Gasteiger partial charge on any atom is -0.478 e. The van der Waals surface area contributed by atoms with Gasteiger partial charge in [-0.2, -0.15) is 9.49 Å². The van der Waals surface area contributed by atoms with Gasteiger partial charge in [0.2, 0.25) is 5.82 Å². The maximum atomic E-state index is 13.6. The van der Waals surface area contributed by atoms with Gasteiger partial charge in [-0.25, -0.2) is 4.79 Å². The Morgan fingerprint density at radius 1 is 1.65 bits per heavy atom. The van der Waals surface area contributed by atoms with Crippen LogP contribution in [0.4, 0.5) is 10.1 Å². The first-order valence-corrected chi connectivity index (χ1v) is 4.96. The zero-order valence-electron chi connectivity index (χ0n) is 7.90. The number of hydrogen-bond acceptors (Lipinski definition) is 4. The summed E-state index contributed by atoms with van der Waals surface area (Å²) >= 11 is 2.98. The number of halogens is 2. The summed E-state index contributed by atoms with van der Waals surface area (Å²) in [6.45, 7) is 0. The Kier molecular flexibility index (Phi) is 2.54. The summed E-state index contributed by atoms with van der Waals surface area (Å²) in [4.78, 5) is 20.5. The molecule has 1 heterocycles. The third-order valence-corrected chi connectivity index (χ3v) is 2.75. The van der Waals surface area contributed by atoms with Crippen LogP contribution in [0.25, 0.3) is 10.9 Å². The van der Waals surface area contributed by atoms with E-state index in [-0.39, 0.29) is 15.5 Å². The van der Waals surface area contributed by atoms with Gasteiger partial charge in [-0.15, -0.1) is 0 Å². The van der Waals surface area contributed by atoms with Gasteiger partial charge in [0.25, 0.3) is 0 Å². The first-order chi connectivity index (χ1) is 7.93. The Morgan fingerprint density at radius 3 is 2.82 bits per heavy atom. The fourth-order valence-corrected chi connectivity index (χ4v) is 1.82. The lowest BCUT2D eigenvalue weighted by atomic mass is 10.1. The maximum Gasteiger partial charge on any atom is 0.341 e. The molecular formula is C8H3BrFN3O4. The number of nitro groups is 1. The quantitative estimate of drug-likeness (QED) is 0.652. The lowest BCUT2D eigenvalue weighted by molar-refractivity contribution is -0.387. The Bertz CT molecular complexity index is 654. The van der Waals surface area contributed by atoms with Crippen LogP contribution in [0.2, 0.25) is 0 Å². The van der Waals surface area contributed by atoms with E-state index >= 15 is 0 Å². The number of benzene rings is 1. The Labute approximate surface area is 101 Å². The average molecular weight is 304 g/mol. The van der Waals surface area contributed by atoms with Gasteiger partial charge >= 0.3 is 11.7 Å². The molecule has 2 N–H and O–H groups in total. The molecule has 88 valence electrons. The van der Waals surface area contributed by atoms with Crippen molar-refractivity contribution in [1.82, 2.24) is 10.2 Å². The molecule has 0 bridgehead atoms. The van der Waals surface area contributed by atoms with E-state index in [4.69, 9.17) is 5.11 Å². The molecule has 9 heteroatoms. The lowest BCUT2D eigenvalue weighted by Crippen LogP contribution is -2.05. The fraction of sp³-hybridized carbons (Fsp3) is 0. The Balaban J connectivity index is 2.97. The van der Waals surface area contributed by atoms with Gasteiger partial charge in [0.15, 0.2) is 0 Å². The predicted octanol–water partition coefficient (Wildman–Crippen LogP) is 2.07. The molecule has 0 saturated heterocycles.